The van der Waals surface area contributed by atoms with Crippen molar-refractivity contribution in [1.29, 1.82) is 0 Å². The van der Waals surface area contributed by atoms with Gasteiger partial charge >= 0.3 is 12.1 Å². The van der Waals surface area contributed by atoms with Crippen LogP contribution in [0.3, 0.4) is 0 Å². The summed E-state index contributed by atoms with van der Waals surface area (Å²) in [5, 5.41) is 8.63. The molecule has 2 atom stereocenters. The van der Waals surface area contributed by atoms with E-state index in [9.17, 15) is 14.4 Å². The molecule has 0 saturated carbocycles. The van der Waals surface area contributed by atoms with Crippen molar-refractivity contribution in [3.05, 3.63) is 78.5 Å². The lowest BCUT2D eigenvalue weighted by molar-refractivity contribution is -0.124. The minimum absolute atomic E-state index is 0.243. The highest BCUT2D eigenvalue weighted by molar-refractivity contribution is 6.05. The molecule has 3 aromatic carbocycles. The van der Waals surface area contributed by atoms with E-state index < -0.39 is 18.1 Å². The third kappa shape index (κ3) is 4.29. The van der Waals surface area contributed by atoms with E-state index in [0.29, 0.717) is 29.6 Å². The number of amides is 4. The molecule has 0 bridgehead atoms. The van der Waals surface area contributed by atoms with Crippen molar-refractivity contribution < 1.29 is 14.4 Å². The maximum Gasteiger partial charge on any atom is 0.323 e. The number of fused-ring (bicyclic) bond motifs is 2. The number of primary amides is 1. The second-order valence-corrected chi connectivity index (χ2v) is 8.72. The van der Waals surface area contributed by atoms with Gasteiger partial charge in [0, 0.05) is 30.7 Å². The highest BCUT2D eigenvalue weighted by Crippen LogP contribution is 2.27. The predicted octanol–water partition coefficient (Wildman–Crippen LogP) is 2.97. The van der Waals surface area contributed by atoms with Crippen molar-refractivity contribution in [3.63, 3.8) is 0 Å². The molecule has 9 heteroatoms. The molecule has 4 aromatic rings. The number of nitrogens with one attached hydrogen (secondary N) is 2. The zero-order valence-electron chi connectivity index (χ0n) is 19.0. The van der Waals surface area contributed by atoms with Crippen molar-refractivity contribution in [2.45, 2.75) is 25.0 Å². The first kappa shape index (κ1) is 22.4. The smallest absolute Gasteiger partial charge is 0.323 e. The number of hydrogen-bond donors (Lipinski definition) is 4. The normalized spacial score (nSPS) is 17.6. The lowest BCUT2D eigenvalue weighted by atomic mass is 10.0. The molecule has 0 radical (unpaired) electrons. The Kier molecular flexibility index (Phi) is 5.84. The Balaban J connectivity index is 1.32. The highest BCUT2D eigenvalue weighted by atomic mass is 16.2. The van der Waals surface area contributed by atoms with Gasteiger partial charge < -0.3 is 27.0 Å². The maximum atomic E-state index is 13.2. The van der Waals surface area contributed by atoms with Gasteiger partial charge in [-0.3, -0.25) is 9.36 Å². The van der Waals surface area contributed by atoms with Crippen molar-refractivity contribution in [2.24, 2.45) is 11.5 Å². The maximum absolute atomic E-state index is 13.2. The SMILES string of the molecule is NC(=O)n1cc(NC(=O)N2C[C@@H](N)C[C@H]2C(=O)NCc2cccc3ccccc23)c2ccccc21. The summed E-state index contributed by atoms with van der Waals surface area (Å²) in [5.41, 5.74) is 13.6. The summed E-state index contributed by atoms with van der Waals surface area (Å²) >= 11 is 0. The summed E-state index contributed by atoms with van der Waals surface area (Å²) in [5.74, 6) is -0.263. The van der Waals surface area contributed by atoms with Crippen LogP contribution in [0.25, 0.3) is 21.7 Å². The Labute approximate surface area is 201 Å². The lowest BCUT2D eigenvalue weighted by Crippen LogP contribution is -2.47. The van der Waals surface area contributed by atoms with Gasteiger partial charge in [0.1, 0.15) is 6.04 Å². The Morgan fingerprint density at radius 2 is 1.66 bits per heavy atom. The monoisotopic (exact) mass is 470 g/mol. The largest absolute Gasteiger partial charge is 0.351 e. The van der Waals surface area contributed by atoms with E-state index in [-0.39, 0.29) is 18.5 Å². The van der Waals surface area contributed by atoms with Crippen molar-refractivity contribution >= 4 is 45.3 Å². The van der Waals surface area contributed by atoms with Crippen molar-refractivity contribution in [2.75, 3.05) is 11.9 Å². The number of likely N-dealkylation sites (tertiary alicyclic amines) is 1. The van der Waals surface area contributed by atoms with Crippen LogP contribution in [0.1, 0.15) is 12.0 Å². The molecule has 0 unspecified atom stereocenters. The fourth-order valence-corrected chi connectivity index (χ4v) is 4.74. The molecule has 5 rings (SSSR count). The number of nitrogens with two attached hydrogens (primary N) is 2. The predicted molar refractivity (Wildman–Crippen MR) is 135 cm³/mol. The van der Waals surface area contributed by atoms with E-state index >= 15 is 0 Å². The van der Waals surface area contributed by atoms with E-state index in [1.54, 1.807) is 24.3 Å². The van der Waals surface area contributed by atoms with E-state index in [1.807, 2.05) is 42.5 Å². The standard InChI is InChI=1S/C26H26N6O3/c27-18-12-23(24(33)29-13-17-8-5-7-16-6-1-2-9-19(16)17)32(14-18)26(35)30-21-15-31(25(28)34)22-11-4-3-10-20(21)22/h1-11,15,18,23H,12-14,27H2,(H2,28,34)(H,29,33)(H,30,35)/t18-,23-/m0/s1. The molecule has 1 saturated heterocycles. The van der Waals surface area contributed by atoms with E-state index in [0.717, 1.165) is 16.3 Å². The summed E-state index contributed by atoms with van der Waals surface area (Å²) in [6.45, 7) is 0.583. The number of carbonyl (C=O) groups is 3. The third-order valence-electron chi connectivity index (χ3n) is 6.42. The summed E-state index contributed by atoms with van der Waals surface area (Å²) < 4.78 is 1.27. The molecule has 6 N–H and O–H groups in total. The van der Waals surface area contributed by atoms with Gasteiger partial charge in [-0.15, -0.1) is 0 Å². The number of carbonyl (C=O) groups excluding carboxylic acids is 3. The zero-order chi connectivity index (χ0) is 24.5. The van der Waals surface area contributed by atoms with E-state index in [2.05, 4.69) is 10.6 Å². The molecule has 0 spiro atoms. The first-order chi connectivity index (χ1) is 16.9. The zero-order valence-corrected chi connectivity index (χ0v) is 19.0. The van der Waals surface area contributed by atoms with Crippen LogP contribution in [0, 0.1) is 0 Å². The van der Waals surface area contributed by atoms with Gasteiger partial charge in [-0.05, 0) is 28.8 Å². The first-order valence-electron chi connectivity index (χ1n) is 11.4. The van der Waals surface area contributed by atoms with Crippen LogP contribution in [0.15, 0.2) is 72.9 Å². The first-order valence-corrected chi connectivity index (χ1v) is 11.4. The number of urea groups is 1. The van der Waals surface area contributed by atoms with Crippen LogP contribution < -0.4 is 22.1 Å². The van der Waals surface area contributed by atoms with Crippen LogP contribution in [-0.2, 0) is 11.3 Å². The second kappa shape index (κ2) is 9.11. The number of rotatable bonds is 4. The third-order valence-corrected chi connectivity index (χ3v) is 6.42. The average Bonchev–Trinajstić information content (AvgIpc) is 3.43. The molecule has 1 aliphatic heterocycles. The van der Waals surface area contributed by atoms with Gasteiger partial charge in [-0.1, -0.05) is 60.7 Å². The summed E-state index contributed by atoms with van der Waals surface area (Å²) in [4.78, 5) is 39.6. The van der Waals surface area contributed by atoms with Gasteiger partial charge in [0.05, 0.1) is 11.2 Å². The van der Waals surface area contributed by atoms with Gasteiger partial charge in [0.2, 0.25) is 5.91 Å². The molecule has 35 heavy (non-hydrogen) atoms. The molecule has 4 amide bonds. The Morgan fingerprint density at radius 1 is 0.943 bits per heavy atom. The van der Waals surface area contributed by atoms with Crippen LogP contribution in [-0.4, -0.2) is 46.1 Å². The van der Waals surface area contributed by atoms with E-state index in [1.165, 1.54) is 15.7 Å². The Bertz CT molecular complexity index is 1440. The minimum atomic E-state index is -0.704. The number of hydrogen-bond acceptors (Lipinski definition) is 4. The summed E-state index contributed by atoms with van der Waals surface area (Å²) in [6.07, 6.45) is 1.84. The average molecular weight is 471 g/mol. The van der Waals surface area contributed by atoms with Gasteiger partial charge in [-0.2, -0.15) is 0 Å². The van der Waals surface area contributed by atoms with Crippen LogP contribution in [0.4, 0.5) is 15.3 Å². The number of para-hydroxylation sites is 1. The fraction of sp³-hybridized carbons (Fsp3) is 0.192. The van der Waals surface area contributed by atoms with E-state index in [4.69, 9.17) is 11.5 Å². The number of benzene rings is 3. The molecule has 0 aliphatic carbocycles. The minimum Gasteiger partial charge on any atom is -0.351 e. The number of aromatic nitrogens is 1. The number of anilines is 1. The highest BCUT2D eigenvalue weighted by Gasteiger charge is 2.38. The fourth-order valence-electron chi connectivity index (χ4n) is 4.74. The molecule has 9 nitrogen and oxygen atoms in total. The van der Waals surface area contributed by atoms with Gasteiger partial charge in [-0.25, -0.2) is 9.59 Å². The van der Waals surface area contributed by atoms with Gasteiger partial charge in [0.25, 0.3) is 0 Å². The number of nitrogens with zero attached hydrogens (tertiary/aromatic N) is 2. The molecular weight excluding hydrogens is 444 g/mol. The van der Waals surface area contributed by atoms with Crippen molar-refractivity contribution in [1.82, 2.24) is 14.8 Å². The van der Waals surface area contributed by atoms with Crippen LogP contribution in [0.2, 0.25) is 0 Å². The Hall–Kier alpha value is -4.37. The molecule has 1 aliphatic rings. The molecule has 1 fully saturated rings. The Morgan fingerprint density at radius 3 is 2.46 bits per heavy atom. The van der Waals surface area contributed by atoms with Crippen molar-refractivity contribution in [3.8, 4) is 0 Å². The molecule has 178 valence electrons. The molecule has 1 aromatic heterocycles. The lowest BCUT2D eigenvalue weighted by Gasteiger charge is -2.24. The molecular formula is C26H26N6O3. The summed E-state index contributed by atoms with van der Waals surface area (Å²) in [6, 6.07) is 18.9. The second-order valence-electron chi connectivity index (χ2n) is 8.72. The molecule has 2 heterocycles. The van der Waals surface area contributed by atoms with Crippen LogP contribution in [0.5, 0.6) is 0 Å². The topological polar surface area (TPSA) is 135 Å². The van der Waals surface area contributed by atoms with Gasteiger partial charge in [0.15, 0.2) is 0 Å². The quantitative estimate of drug-likeness (QED) is 0.365. The van der Waals surface area contributed by atoms with Crippen LogP contribution >= 0.6 is 0 Å². The summed E-state index contributed by atoms with van der Waals surface area (Å²) in [7, 11) is 0.